The molecule has 1 aliphatic rings. The first-order valence-corrected chi connectivity index (χ1v) is 7.04. The number of hydrogen-bond acceptors (Lipinski definition) is 3. The zero-order valence-corrected chi connectivity index (χ0v) is 11.5. The lowest BCUT2D eigenvalue weighted by Gasteiger charge is -2.06. The first-order valence-electron chi connectivity index (χ1n) is 7.04. The Labute approximate surface area is 118 Å². The Morgan fingerprint density at radius 1 is 1.20 bits per heavy atom. The van der Waals surface area contributed by atoms with Crippen LogP contribution in [0.4, 0.5) is 5.69 Å². The highest BCUT2D eigenvalue weighted by atomic mass is 16.2. The van der Waals surface area contributed by atoms with Crippen LogP contribution in [0.5, 0.6) is 0 Å². The number of rotatable bonds is 8. The van der Waals surface area contributed by atoms with Crippen LogP contribution in [0.25, 0.3) is 0 Å². The molecule has 0 aliphatic heterocycles. The van der Waals surface area contributed by atoms with Crippen molar-refractivity contribution >= 4 is 17.5 Å². The second-order valence-electron chi connectivity index (χ2n) is 5.21. The quantitative estimate of drug-likeness (QED) is 0.620. The molecular formula is C15H21N3O2. The van der Waals surface area contributed by atoms with Crippen LogP contribution in [-0.4, -0.2) is 24.9 Å². The average molecular weight is 275 g/mol. The van der Waals surface area contributed by atoms with Crippen molar-refractivity contribution in [1.29, 1.82) is 0 Å². The van der Waals surface area contributed by atoms with Gasteiger partial charge >= 0.3 is 0 Å². The average Bonchev–Trinajstić information content (AvgIpc) is 3.24. The highest BCUT2D eigenvalue weighted by Gasteiger charge is 2.29. The van der Waals surface area contributed by atoms with Gasteiger partial charge in [0.25, 0.3) is 0 Å². The van der Waals surface area contributed by atoms with E-state index < -0.39 is 0 Å². The van der Waals surface area contributed by atoms with Gasteiger partial charge < -0.3 is 16.4 Å². The van der Waals surface area contributed by atoms with E-state index >= 15 is 0 Å². The first kappa shape index (κ1) is 14.5. The minimum atomic E-state index is -0.333. The number of nitrogens with one attached hydrogen (secondary N) is 2. The summed E-state index contributed by atoms with van der Waals surface area (Å²) in [5.74, 6) is 0.0279. The van der Waals surface area contributed by atoms with Gasteiger partial charge in [-0.2, -0.15) is 0 Å². The van der Waals surface area contributed by atoms with E-state index in [1.54, 1.807) is 0 Å². The molecule has 1 aromatic rings. The van der Waals surface area contributed by atoms with Crippen LogP contribution in [0.15, 0.2) is 24.3 Å². The molecule has 1 saturated carbocycles. The molecule has 0 saturated heterocycles. The second kappa shape index (κ2) is 7.05. The Kier molecular flexibility index (Phi) is 5.12. The Morgan fingerprint density at radius 3 is 2.50 bits per heavy atom. The summed E-state index contributed by atoms with van der Waals surface area (Å²) in [6.07, 6.45) is 3.91. The van der Waals surface area contributed by atoms with E-state index in [0.29, 0.717) is 0 Å². The van der Waals surface area contributed by atoms with E-state index in [0.717, 1.165) is 37.9 Å². The number of carbonyl (C=O) groups excluding carboxylic acids is 2. The van der Waals surface area contributed by atoms with Gasteiger partial charge in [0.1, 0.15) is 0 Å². The number of benzene rings is 1. The topological polar surface area (TPSA) is 84.2 Å². The molecule has 1 aromatic carbocycles. The van der Waals surface area contributed by atoms with Crippen LogP contribution in [0.1, 0.15) is 24.8 Å². The van der Waals surface area contributed by atoms with Gasteiger partial charge in [0.2, 0.25) is 11.8 Å². The van der Waals surface area contributed by atoms with Gasteiger partial charge in [-0.1, -0.05) is 12.1 Å². The van der Waals surface area contributed by atoms with Crippen molar-refractivity contribution in [3.8, 4) is 0 Å². The van der Waals surface area contributed by atoms with Crippen molar-refractivity contribution < 1.29 is 9.59 Å². The molecule has 1 fully saturated rings. The number of nitrogens with two attached hydrogens (primary N) is 1. The zero-order valence-electron chi connectivity index (χ0n) is 11.5. The van der Waals surface area contributed by atoms with Crippen LogP contribution in [0.3, 0.4) is 0 Å². The number of primary amides is 1. The van der Waals surface area contributed by atoms with E-state index in [1.807, 2.05) is 24.3 Å². The Hall–Kier alpha value is -1.88. The van der Waals surface area contributed by atoms with Crippen LogP contribution in [-0.2, 0) is 16.0 Å². The van der Waals surface area contributed by atoms with Gasteiger partial charge in [-0.25, -0.2) is 0 Å². The smallest absolute Gasteiger partial charge is 0.231 e. The lowest BCUT2D eigenvalue weighted by molar-refractivity contribution is -0.118. The van der Waals surface area contributed by atoms with Crippen molar-refractivity contribution in [3.63, 3.8) is 0 Å². The fraction of sp³-hybridized carbons (Fsp3) is 0.467. The summed E-state index contributed by atoms with van der Waals surface area (Å²) in [6, 6.07) is 7.92. The standard InChI is InChI=1S/C15H21N3O2/c16-14(19)10-17-9-1-2-11-3-7-13(8-4-11)18-15(20)12-5-6-12/h3-4,7-8,12,17H,1-2,5-6,9-10H2,(H2,16,19)(H,18,20). The van der Waals surface area contributed by atoms with Crippen LogP contribution < -0.4 is 16.4 Å². The van der Waals surface area contributed by atoms with Crippen molar-refractivity contribution in [1.82, 2.24) is 5.32 Å². The number of amides is 2. The molecule has 108 valence electrons. The maximum absolute atomic E-state index is 11.6. The molecule has 2 rings (SSSR count). The van der Waals surface area contributed by atoms with E-state index in [9.17, 15) is 9.59 Å². The van der Waals surface area contributed by atoms with Crippen molar-refractivity contribution in [3.05, 3.63) is 29.8 Å². The zero-order chi connectivity index (χ0) is 14.4. The van der Waals surface area contributed by atoms with Gasteiger partial charge in [0.15, 0.2) is 0 Å². The summed E-state index contributed by atoms with van der Waals surface area (Å²) >= 11 is 0. The maximum atomic E-state index is 11.6. The van der Waals surface area contributed by atoms with E-state index in [2.05, 4.69) is 10.6 Å². The molecule has 0 unspecified atom stereocenters. The van der Waals surface area contributed by atoms with Gasteiger partial charge in [-0.05, 0) is 49.9 Å². The van der Waals surface area contributed by atoms with Crippen molar-refractivity contribution in [2.75, 3.05) is 18.4 Å². The third-order valence-electron chi connectivity index (χ3n) is 3.29. The monoisotopic (exact) mass is 275 g/mol. The highest BCUT2D eigenvalue weighted by molar-refractivity contribution is 5.93. The largest absolute Gasteiger partial charge is 0.369 e. The summed E-state index contributed by atoms with van der Waals surface area (Å²) in [5, 5.41) is 5.90. The molecule has 2 amide bonds. The molecule has 0 heterocycles. The van der Waals surface area contributed by atoms with Crippen LogP contribution in [0.2, 0.25) is 0 Å². The molecule has 1 aliphatic carbocycles. The number of carbonyl (C=O) groups is 2. The van der Waals surface area contributed by atoms with Gasteiger partial charge in [0, 0.05) is 11.6 Å². The highest BCUT2D eigenvalue weighted by Crippen LogP contribution is 2.30. The molecule has 0 atom stereocenters. The molecule has 20 heavy (non-hydrogen) atoms. The second-order valence-corrected chi connectivity index (χ2v) is 5.21. The molecule has 0 aromatic heterocycles. The predicted molar refractivity (Wildman–Crippen MR) is 78.2 cm³/mol. The SMILES string of the molecule is NC(=O)CNCCCc1ccc(NC(=O)C2CC2)cc1. The van der Waals surface area contributed by atoms with Gasteiger partial charge in [-0.3, -0.25) is 9.59 Å². The van der Waals surface area contributed by atoms with Crippen LogP contribution >= 0.6 is 0 Å². The Bertz CT molecular complexity index is 467. The Morgan fingerprint density at radius 2 is 1.90 bits per heavy atom. The number of aryl methyl sites for hydroxylation is 1. The Balaban J connectivity index is 1.68. The van der Waals surface area contributed by atoms with E-state index in [-0.39, 0.29) is 24.3 Å². The summed E-state index contributed by atoms with van der Waals surface area (Å²) in [4.78, 5) is 22.1. The molecule has 0 radical (unpaired) electrons. The predicted octanol–water partition coefficient (Wildman–Crippen LogP) is 1.04. The summed E-state index contributed by atoms with van der Waals surface area (Å²) in [5.41, 5.74) is 7.11. The third kappa shape index (κ3) is 5.01. The summed E-state index contributed by atoms with van der Waals surface area (Å²) < 4.78 is 0. The fourth-order valence-electron chi connectivity index (χ4n) is 1.97. The van der Waals surface area contributed by atoms with Crippen molar-refractivity contribution in [2.45, 2.75) is 25.7 Å². The minimum absolute atomic E-state index is 0.133. The molecular weight excluding hydrogens is 254 g/mol. The lowest BCUT2D eigenvalue weighted by atomic mass is 10.1. The molecule has 4 N–H and O–H groups in total. The lowest BCUT2D eigenvalue weighted by Crippen LogP contribution is -2.29. The van der Waals surface area contributed by atoms with E-state index in [4.69, 9.17) is 5.73 Å². The fourth-order valence-corrected chi connectivity index (χ4v) is 1.97. The summed E-state index contributed by atoms with van der Waals surface area (Å²) in [7, 11) is 0. The summed E-state index contributed by atoms with van der Waals surface area (Å²) in [6.45, 7) is 0.995. The number of hydrogen-bond donors (Lipinski definition) is 3. The van der Waals surface area contributed by atoms with Crippen LogP contribution in [0, 0.1) is 5.92 Å². The maximum Gasteiger partial charge on any atom is 0.231 e. The van der Waals surface area contributed by atoms with Crippen molar-refractivity contribution in [2.24, 2.45) is 11.7 Å². The third-order valence-corrected chi connectivity index (χ3v) is 3.29. The molecule has 0 spiro atoms. The molecule has 5 nitrogen and oxygen atoms in total. The van der Waals surface area contributed by atoms with Gasteiger partial charge in [-0.15, -0.1) is 0 Å². The van der Waals surface area contributed by atoms with Gasteiger partial charge in [0.05, 0.1) is 6.54 Å². The number of anilines is 1. The molecule has 5 heteroatoms. The minimum Gasteiger partial charge on any atom is -0.369 e. The van der Waals surface area contributed by atoms with E-state index in [1.165, 1.54) is 5.56 Å². The molecule has 0 bridgehead atoms. The normalized spacial score (nSPS) is 14.0. The first-order chi connectivity index (χ1) is 9.65.